The Kier molecular flexibility index (Phi) is 5.00. The van der Waals surface area contributed by atoms with Gasteiger partial charge in [0.1, 0.15) is 17.5 Å². The van der Waals surface area contributed by atoms with Crippen LogP contribution in [0.1, 0.15) is 62.8 Å². The zero-order chi connectivity index (χ0) is 13.7. The molecule has 1 aliphatic carbocycles. The molecule has 0 amide bonds. The van der Waals surface area contributed by atoms with E-state index in [9.17, 15) is 0 Å². The van der Waals surface area contributed by atoms with E-state index in [0.717, 1.165) is 29.6 Å². The van der Waals surface area contributed by atoms with Crippen LogP contribution in [-0.4, -0.2) is 23.6 Å². The summed E-state index contributed by atoms with van der Waals surface area (Å²) >= 11 is 0. The summed E-state index contributed by atoms with van der Waals surface area (Å²) in [6.45, 7) is 5.32. The number of aromatic nitrogens is 2. The average molecular weight is 262 g/mol. The van der Waals surface area contributed by atoms with Crippen LogP contribution in [0.2, 0.25) is 0 Å². The topological polar surface area (TPSA) is 49.8 Å². The zero-order valence-electron chi connectivity index (χ0n) is 12.4. The van der Waals surface area contributed by atoms with Gasteiger partial charge in [-0.05, 0) is 26.2 Å². The molecule has 1 fully saturated rings. The minimum atomic E-state index is 0.591. The number of nitrogens with zero attached hydrogens (tertiary/aromatic N) is 2. The largest absolute Gasteiger partial charge is 0.373 e. The van der Waals surface area contributed by atoms with Gasteiger partial charge in [0.15, 0.2) is 0 Å². The van der Waals surface area contributed by atoms with Crippen LogP contribution in [0, 0.1) is 6.92 Å². The lowest BCUT2D eigenvalue weighted by Crippen LogP contribution is -2.10. The molecule has 1 aliphatic rings. The lowest BCUT2D eigenvalue weighted by molar-refractivity contribution is 0.683. The molecular weight excluding hydrogens is 236 g/mol. The second-order valence-electron chi connectivity index (χ2n) is 5.42. The fourth-order valence-electron chi connectivity index (χ4n) is 2.23. The summed E-state index contributed by atoms with van der Waals surface area (Å²) in [6, 6.07) is 0. The van der Waals surface area contributed by atoms with E-state index in [1.165, 1.54) is 38.5 Å². The van der Waals surface area contributed by atoms with Crippen molar-refractivity contribution in [2.45, 2.75) is 58.3 Å². The summed E-state index contributed by atoms with van der Waals surface area (Å²) in [5.41, 5.74) is 1.13. The smallest absolute Gasteiger partial charge is 0.136 e. The monoisotopic (exact) mass is 262 g/mol. The third kappa shape index (κ3) is 3.82. The molecule has 4 heteroatoms. The predicted octanol–water partition coefficient (Wildman–Crippen LogP) is 3.70. The molecule has 19 heavy (non-hydrogen) atoms. The highest BCUT2D eigenvalue weighted by Crippen LogP contribution is 2.39. The molecule has 1 aromatic heterocycles. The highest BCUT2D eigenvalue weighted by atomic mass is 15.1. The Bertz CT molecular complexity index is 413. The van der Waals surface area contributed by atoms with Crippen LogP contribution in [-0.2, 0) is 0 Å². The maximum Gasteiger partial charge on any atom is 0.136 e. The standard InChI is InChI=1S/C15H26N4/c1-4-5-6-7-10-17-14-11(2)13(16-3)18-15(19-14)12-8-9-12/h12H,4-10H2,1-3H3,(H2,16,17,18,19). The first kappa shape index (κ1) is 14.1. The van der Waals surface area contributed by atoms with E-state index in [-0.39, 0.29) is 0 Å². The molecule has 2 rings (SSSR count). The zero-order valence-corrected chi connectivity index (χ0v) is 12.4. The van der Waals surface area contributed by atoms with E-state index in [4.69, 9.17) is 4.98 Å². The van der Waals surface area contributed by atoms with E-state index >= 15 is 0 Å². The highest BCUT2D eigenvalue weighted by Gasteiger charge is 2.28. The van der Waals surface area contributed by atoms with Gasteiger partial charge in [-0.15, -0.1) is 0 Å². The van der Waals surface area contributed by atoms with Crippen LogP contribution in [0.25, 0.3) is 0 Å². The van der Waals surface area contributed by atoms with Crippen molar-refractivity contribution in [3.8, 4) is 0 Å². The molecule has 106 valence electrons. The van der Waals surface area contributed by atoms with Gasteiger partial charge < -0.3 is 10.6 Å². The molecule has 1 saturated carbocycles. The molecule has 0 saturated heterocycles. The summed E-state index contributed by atoms with van der Waals surface area (Å²) in [4.78, 5) is 9.31. The number of hydrogen-bond donors (Lipinski definition) is 2. The van der Waals surface area contributed by atoms with Crippen molar-refractivity contribution in [3.05, 3.63) is 11.4 Å². The minimum Gasteiger partial charge on any atom is -0.373 e. The van der Waals surface area contributed by atoms with Crippen molar-refractivity contribution in [3.63, 3.8) is 0 Å². The fraction of sp³-hybridized carbons (Fsp3) is 0.733. The minimum absolute atomic E-state index is 0.591. The number of rotatable bonds is 8. The SMILES string of the molecule is CCCCCCNc1nc(C2CC2)nc(NC)c1C. The fourth-order valence-corrected chi connectivity index (χ4v) is 2.23. The number of anilines is 2. The first-order valence-electron chi connectivity index (χ1n) is 7.56. The average Bonchev–Trinajstić information content (AvgIpc) is 3.24. The van der Waals surface area contributed by atoms with Crippen LogP contribution in [0.4, 0.5) is 11.6 Å². The summed E-state index contributed by atoms with van der Waals surface area (Å²) in [5, 5.41) is 6.66. The summed E-state index contributed by atoms with van der Waals surface area (Å²) in [7, 11) is 1.93. The lowest BCUT2D eigenvalue weighted by atomic mass is 10.2. The summed E-state index contributed by atoms with van der Waals surface area (Å²) < 4.78 is 0. The van der Waals surface area contributed by atoms with Gasteiger partial charge in [-0.2, -0.15) is 0 Å². The van der Waals surface area contributed by atoms with Crippen LogP contribution in [0.3, 0.4) is 0 Å². The van der Waals surface area contributed by atoms with E-state index in [0.29, 0.717) is 5.92 Å². The van der Waals surface area contributed by atoms with Gasteiger partial charge in [-0.1, -0.05) is 26.2 Å². The maximum absolute atomic E-state index is 4.70. The molecule has 1 aromatic rings. The van der Waals surface area contributed by atoms with Crippen LogP contribution in [0.15, 0.2) is 0 Å². The molecule has 0 atom stereocenters. The van der Waals surface area contributed by atoms with Crippen molar-refractivity contribution in [2.24, 2.45) is 0 Å². The Morgan fingerprint density at radius 1 is 1.11 bits per heavy atom. The van der Waals surface area contributed by atoms with Crippen LogP contribution < -0.4 is 10.6 Å². The highest BCUT2D eigenvalue weighted by molar-refractivity contribution is 5.57. The van der Waals surface area contributed by atoms with Crippen molar-refractivity contribution < 1.29 is 0 Å². The van der Waals surface area contributed by atoms with Crippen molar-refractivity contribution in [2.75, 3.05) is 24.2 Å². The quantitative estimate of drug-likeness (QED) is 0.701. The molecule has 0 unspecified atom stereocenters. The van der Waals surface area contributed by atoms with Crippen molar-refractivity contribution >= 4 is 11.6 Å². The Balaban J connectivity index is 1.99. The number of hydrogen-bond acceptors (Lipinski definition) is 4. The van der Waals surface area contributed by atoms with E-state index in [1.54, 1.807) is 0 Å². The second-order valence-corrected chi connectivity index (χ2v) is 5.42. The predicted molar refractivity (Wildman–Crippen MR) is 80.9 cm³/mol. The molecule has 2 N–H and O–H groups in total. The molecule has 0 aromatic carbocycles. The van der Waals surface area contributed by atoms with E-state index in [2.05, 4.69) is 29.5 Å². The molecular formula is C15H26N4. The third-order valence-electron chi connectivity index (χ3n) is 3.67. The Morgan fingerprint density at radius 3 is 2.47 bits per heavy atom. The van der Waals surface area contributed by atoms with E-state index < -0.39 is 0 Å². The van der Waals surface area contributed by atoms with Crippen molar-refractivity contribution in [1.82, 2.24) is 9.97 Å². The molecule has 0 radical (unpaired) electrons. The van der Waals surface area contributed by atoms with Gasteiger partial charge in [-0.3, -0.25) is 0 Å². The summed E-state index contributed by atoms with van der Waals surface area (Å²) in [5.74, 6) is 3.57. The molecule has 0 spiro atoms. The Morgan fingerprint density at radius 2 is 1.84 bits per heavy atom. The lowest BCUT2D eigenvalue weighted by Gasteiger charge is -2.13. The Hall–Kier alpha value is -1.32. The van der Waals surface area contributed by atoms with Gasteiger partial charge in [0.05, 0.1) is 0 Å². The van der Waals surface area contributed by atoms with E-state index in [1.807, 2.05) is 7.05 Å². The van der Waals surface area contributed by atoms with Gasteiger partial charge in [0.2, 0.25) is 0 Å². The maximum atomic E-state index is 4.70. The normalized spacial score (nSPS) is 14.5. The molecule has 1 heterocycles. The van der Waals surface area contributed by atoms with Gasteiger partial charge in [0, 0.05) is 25.1 Å². The summed E-state index contributed by atoms with van der Waals surface area (Å²) in [6.07, 6.45) is 7.58. The Labute approximate surface area is 116 Å². The number of nitrogens with one attached hydrogen (secondary N) is 2. The molecule has 0 bridgehead atoms. The van der Waals surface area contributed by atoms with Crippen LogP contribution in [0.5, 0.6) is 0 Å². The van der Waals surface area contributed by atoms with Crippen LogP contribution >= 0.6 is 0 Å². The first-order chi connectivity index (χ1) is 9.26. The number of unbranched alkanes of at least 4 members (excludes halogenated alkanes) is 3. The van der Waals surface area contributed by atoms with Gasteiger partial charge >= 0.3 is 0 Å². The van der Waals surface area contributed by atoms with Gasteiger partial charge in [-0.25, -0.2) is 9.97 Å². The third-order valence-corrected chi connectivity index (χ3v) is 3.67. The first-order valence-corrected chi connectivity index (χ1v) is 7.56. The molecule has 0 aliphatic heterocycles. The molecule has 4 nitrogen and oxygen atoms in total. The second kappa shape index (κ2) is 6.73. The van der Waals surface area contributed by atoms with Crippen molar-refractivity contribution in [1.29, 1.82) is 0 Å². The van der Waals surface area contributed by atoms with Gasteiger partial charge in [0.25, 0.3) is 0 Å².